The molecule has 1 fully saturated rings. The van der Waals surface area contributed by atoms with Gasteiger partial charge < -0.3 is 14.8 Å². The number of aryl methyl sites for hydroxylation is 1. The topological polar surface area (TPSA) is 84.9 Å². The molecule has 0 atom stereocenters. The van der Waals surface area contributed by atoms with Crippen LogP contribution in [0.3, 0.4) is 0 Å². The quantitative estimate of drug-likeness (QED) is 0.847. The monoisotopic (exact) mass is 390 g/mol. The minimum Gasteiger partial charge on any atom is -0.497 e. The van der Waals surface area contributed by atoms with Crippen molar-refractivity contribution in [3.05, 3.63) is 53.6 Å². The molecule has 0 aliphatic carbocycles. The van der Waals surface area contributed by atoms with E-state index in [2.05, 4.69) is 5.32 Å². The minimum atomic E-state index is -3.64. The molecule has 144 valence electrons. The molecule has 1 heterocycles. The van der Waals surface area contributed by atoms with Gasteiger partial charge in [0.2, 0.25) is 10.0 Å². The zero-order chi connectivity index (χ0) is 19.4. The van der Waals surface area contributed by atoms with Crippen LogP contribution < -0.4 is 10.1 Å². The fraction of sp³-hybridized carbons (Fsp3) is 0.316. The molecule has 0 radical (unpaired) electrons. The molecule has 3 rings (SSSR count). The van der Waals surface area contributed by atoms with Gasteiger partial charge in [-0.15, -0.1) is 0 Å². The van der Waals surface area contributed by atoms with Gasteiger partial charge in [0.05, 0.1) is 25.2 Å². The maximum atomic E-state index is 12.9. The van der Waals surface area contributed by atoms with Crippen molar-refractivity contribution in [2.75, 3.05) is 38.7 Å². The number of nitrogens with zero attached hydrogens (tertiary/aromatic N) is 1. The number of carbonyl (C=O) groups is 1. The summed E-state index contributed by atoms with van der Waals surface area (Å²) in [5.41, 5.74) is 1.51. The van der Waals surface area contributed by atoms with Gasteiger partial charge in [-0.2, -0.15) is 4.31 Å². The van der Waals surface area contributed by atoms with Gasteiger partial charge in [-0.3, -0.25) is 4.79 Å². The van der Waals surface area contributed by atoms with Gasteiger partial charge in [0.1, 0.15) is 5.75 Å². The Morgan fingerprint density at radius 2 is 1.78 bits per heavy atom. The average molecular weight is 390 g/mol. The molecule has 2 aromatic carbocycles. The van der Waals surface area contributed by atoms with Gasteiger partial charge in [-0.1, -0.05) is 6.07 Å². The standard InChI is InChI=1S/C19H22N2O5S/c1-14-3-6-16(20-19(22)15-4-7-17(25-2)8-5-15)13-18(14)27(23,24)21-9-11-26-12-10-21/h3-8,13H,9-12H2,1-2H3,(H,20,22). The molecule has 0 saturated carbocycles. The molecule has 0 unspecified atom stereocenters. The lowest BCUT2D eigenvalue weighted by Gasteiger charge is -2.26. The molecular formula is C19H22N2O5S. The summed E-state index contributed by atoms with van der Waals surface area (Å²) in [6, 6.07) is 11.6. The maximum Gasteiger partial charge on any atom is 0.255 e. The van der Waals surface area contributed by atoms with E-state index < -0.39 is 10.0 Å². The smallest absolute Gasteiger partial charge is 0.255 e. The average Bonchev–Trinajstić information content (AvgIpc) is 2.70. The molecule has 0 bridgehead atoms. The summed E-state index contributed by atoms with van der Waals surface area (Å²) < 4.78 is 37.6. The third-order valence-electron chi connectivity index (χ3n) is 4.39. The highest BCUT2D eigenvalue weighted by molar-refractivity contribution is 7.89. The number of morpholine rings is 1. The van der Waals surface area contributed by atoms with E-state index in [1.165, 1.54) is 10.4 Å². The Labute approximate surface area is 158 Å². The summed E-state index contributed by atoms with van der Waals surface area (Å²) in [6.45, 7) is 3.15. The predicted molar refractivity (Wildman–Crippen MR) is 102 cm³/mol. The number of ether oxygens (including phenoxy) is 2. The van der Waals surface area contributed by atoms with Gasteiger partial charge in [-0.25, -0.2) is 8.42 Å². The third kappa shape index (κ3) is 4.29. The van der Waals surface area contributed by atoms with E-state index >= 15 is 0 Å². The van der Waals surface area contributed by atoms with Crippen LogP contribution in [0.4, 0.5) is 5.69 Å². The van der Waals surface area contributed by atoms with Crippen LogP contribution in [0.5, 0.6) is 5.75 Å². The molecule has 1 aliphatic heterocycles. The molecule has 2 aromatic rings. The Balaban J connectivity index is 1.83. The number of anilines is 1. The van der Waals surface area contributed by atoms with E-state index in [4.69, 9.17) is 9.47 Å². The SMILES string of the molecule is COc1ccc(C(=O)Nc2ccc(C)c(S(=O)(=O)N3CCOCC3)c2)cc1. The molecule has 1 saturated heterocycles. The number of hydrogen-bond acceptors (Lipinski definition) is 5. The van der Waals surface area contributed by atoms with Crippen LogP contribution in [0.15, 0.2) is 47.4 Å². The highest BCUT2D eigenvalue weighted by Crippen LogP contribution is 2.25. The van der Waals surface area contributed by atoms with Crippen molar-refractivity contribution in [1.82, 2.24) is 4.31 Å². The van der Waals surface area contributed by atoms with Crippen LogP contribution in [-0.4, -0.2) is 52.0 Å². The lowest BCUT2D eigenvalue weighted by molar-refractivity contribution is 0.0730. The van der Waals surface area contributed by atoms with Gasteiger partial charge in [0.25, 0.3) is 5.91 Å². The van der Waals surface area contributed by atoms with E-state index in [-0.39, 0.29) is 10.8 Å². The largest absolute Gasteiger partial charge is 0.497 e. The number of carbonyl (C=O) groups excluding carboxylic acids is 1. The number of hydrogen-bond donors (Lipinski definition) is 1. The molecule has 1 amide bonds. The maximum absolute atomic E-state index is 12.9. The fourth-order valence-electron chi connectivity index (χ4n) is 2.83. The van der Waals surface area contributed by atoms with Gasteiger partial charge >= 0.3 is 0 Å². The van der Waals surface area contributed by atoms with Gasteiger partial charge in [-0.05, 0) is 48.9 Å². The van der Waals surface area contributed by atoms with E-state index in [0.29, 0.717) is 48.9 Å². The molecule has 1 N–H and O–H groups in total. The zero-order valence-corrected chi connectivity index (χ0v) is 16.1. The Morgan fingerprint density at radius 3 is 2.41 bits per heavy atom. The Hall–Kier alpha value is -2.42. The Morgan fingerprint density at radius 1 is 1.11 bits per heavy atom. The highest BCUT2D eigenvalue weighted by Gasteiger charge is 2.28. The molecule has 7 nitrogen and oxygen atoms in total. The van der Waals surface area contributed by atoms with Gasteiger partial charge in [0, 0.05) is 24.3 Å². The minimum absolute atomic E-state index is 0.192. The van der Waals surface area contributed by atoms with Crippen molar-refractivity contribution in [3.8, 4) is 5.75 Å². The Bertz CT molecular complexity index is 920. The second-order valence-electron chi connectivity index (χ2n) is 6.18. The first kappa shape index (κ1) is 19.3. The number of methoxy groups -OCH3 is 1. The lowest BCUT2D eigenvalue weighted by Crippen LogP contribution is -2.40. The van der Waals surface area contributed by atoms with Crippen molar-refractivity contribution in [2.45, 2.75) is 11.8 Å². The molecule has 0 aromatic heterocycles. The van der Waals surface area contributed by atoms with E-state index in [9.17, 15) is 13.2 Å². The summed E-state index contributed by atoms with van der Waals surface area (Å²) in [6.07, 6.45) is 0. The van der Waals surface area contributed by atoms with Crippen molar-refractivity contribution in [3.63, 3.8) is 0 Å². The summed E-state index contributed by atoms with van der Waals surface area (Å²) in [7, 11) is -2.09. The van der Waals surface area contributed by atoms with Crippen LogP contribution in [0, 0.1) is 6.92 Å². The zero-order valence-electron chi connectivity index (χ0n) is 15.3. The van der Waals surface area contributed by atoms with Crippen LogP contribution in [0.25, 0.3) is 0 Å². The lowest BCUT2D eigenvalue weighted by atomic mass is 10.2. The fourth-order valence-corrected chi connectivity index (χ4v) is 4.49. The number of sulfonamides is 1. The summed E-state index contributed by atoms with van der Waals surface area (Å²) in [4.78, 5) is 12.6. The molecular weight excluding hydrogens is 368 g/mol. The van der Waals surface area contributed by atoms with Crippen molar-refractivity contribution in [1.29, 1.82) is 0 Å². The molecule has 1 aliphatic rings. The van der Waals surface area contributed by atoms with Crippen LogP contribution in [0.1, 0.15) is 15.9 Å². The first-order valence-electron chi connectivity index (χ1n) is 8.56. The van der Waals surface area contributed by atoms with Crippen molar-refractivity contribution >= 4 is 21.6 Å². The highest BCUT2D eigenvalue weighted by atomic mass is 32.2. The second-order valence-corrected chi connectivity index (χ2v) is 8.09. The van der Waals surface area contributed by atoms with Crippen LogP contribution >= 0.6 is 0 Å². The number of benzene rings is 2. The van der Waals surface area contributed by atoms with Crippen LogP contribution in [-0.2, 0) is 14.8 Å². The number of amides is 1. The first-order chi connectivity index (χ1) is 12.9. The normalized spacial score (nSPS) is 15.3. The summed E-state index contributed by atoms with van der Waals surface area (Å²) in [5.74, 6) is 0.331. The van der Waals surface area contributed by atoms with E-state index in [0.717, 1.165) is 0 Å². The number of rotatable bonds is 5. The second kappa shape index (κ2) is 8.08. The third-order valence-corrected chi connectivity index (χ3v) is 6.43. The van der Waals surface area contributed by atoms with Crippen molar-refractivity contribution < 1.29 is 22.7 Å². The molecule has 8 heteroatoms. The van der Waals surface area contributed by atoms with Crippen LogP contribution in [0.2, 0.25) is 0 Å². The van der Waals surface area contributed by atoms with E-state index in [1.54, 1.807) is 50.4 Å². The number of nitrogens with one attached hydrogen (secondary N) is 1. The first-order valence-corrected chi connectivity index (χ1v) is 10.00. The van der Waals surface area contributed by atoms with Gasteiger partial charge in [0.15, 0.2) is 0 Å². The summed E-state index contributed by atoms with van der Waals surface area (Å²) >= 11 is 0. The Kier molecular flexibility index (Phi) is 5.79. The van der Waals surface area contributed by atoms with E-state index in [1.807, 2.05) is 0 Å². The summed E-state index contributed by atoms with van der Waals surface area (Å²) in [5, 5.41) is 2.75. The van der Waals surface area contributed by atoms with Crippen molar-refractivity contribution in [2.24, 2.45) is 0 Å². The molecule has 0 spiro atoms. The molecule has 27 heavy (non-hydrogen) atoms. The predicted octanol–water partition coefficient (Wildman–Crippen LogP) is 2.28.